The number of nitrogens with zero attached hydrogens (tertiary/aromatic N) is 2. The van der Waals surface area contributed by atoms with E-state index in [1.807, 2.05) is 20.9 Å². The van der Waals surface area contributed by atoms with Gasteiger partial charge in [0.15, 0.2) is 0 Å². The number of ether oxygens (including phenoxy) is 1. The van der Waals surface area contributed by atoms with Gasteiger partial charge in [-0.25, -0.2) is 0 Å². The standard InChI is InChI=1S/C11H20N4O2/c1-7(2)10-9(12)11(15(3)14-10)13-6-5-8(16)17-4/h7,13H,5-6,12H2,1-4H3. The van der Waals surface area contributed by atoms with Gasteiger partial charge >= 0.3 is 5.97 Å². The number of hydrogen-bond donors (Lipinski definition) is 2. The maximum atomic E-state index is 11.0. The molecule has 0 amide bonds. The summed E-state index contributed by atoms with van der Waals surface area (Å²) >= 11 is 0. The Bertz CT molecular complexity index is 398. The lowest BCUT2D eigenvalue weighted by molar-refractivity contribution is -0.140. The maximum absolute atomic E-state index is 11.0. The van der Waals surface area contributed by atoms with Gasteiger partial charge in [0.1, 0.15) is 5.82 Å². The predicted octanol–water partition coefficient (Wildman–Crippen LogP) is 1.10. The van der Waals surface area contributed by atoms with Crippen molar-refractivity contribution in [2.45, 2.75) is 26.2 Å². The summed E-state index contributed by atoms with van der Waals surface area (Å²) in [5, 5.41) is 7.44. The van der Waals surface area contributed by atoms with Gasteiger partial charge in [-0.3, -0.25) is 9.48 Å². The Balaban J connectivity index is 2.68. The van der Waals surface area contributed by atoms with Gasteiger partial charge in [0, 0.05) is 13.6 Å². The van der Waals surface area contributed by atoms with Crippen molar-refractivity contribution in [2.24, 2.45) is 7.05 Å². The maximum Gasteiger partial charge on any atom is 0.307 e. The summed E-state index contributed by atoms with van der Waals surface area (Å²) in [6, 6.07) is 0. The summed E-state index contributed by atoms with van der Waals surface area (Å²) in [7, 11) is 3.19. The van der Waals surface area contributed by atoms with Gasteiger partial charge in [0.05, 0.1) is 24.9 Å². The molecule has 0 bridgehead atoms. The van der Waals surface area contributed by atoms with Gasteiger partial charge in [0.2, 0.25) is 0 Å². The van der Waals surface area contributed by atoms with Crippen LogP contribution >= 0.6 is 0 Å². The fraction of sp³-hybridized carbons (Fsp3) is 0.636. The minimum atomic E-state index is -0.248. The Hall–Kier alpha value is -1.72. The van der Waals surface area contributed by atoms with Crippen LogP contribution in [0.3, 0.4) is 0 Å². The van der Waals surface area contributed by atoms with Crippen molar-refractivity contribution in [3.05, 3.63) is 5.69 Å². The first kappa shape index (κ1) is 13.3. The monoisotopic (exact) mass is 240 g/mol. The molecule has 0 aliphatic carbocycles. The van der Waals surface area contributed by atoms with Gasteiger partial charge < -0.3 is 15.8 Å². The number of aromatic nitrogens is 2. The zero-order valence-electron chi connectivity index (χ0n) is 10.8. The Morgan fingerprint density at radius 3 is 2.71 bits per heavy atom. The molecule has 0 fully saturated rings. The lowest BCUT2D eigenvalue weighted by Crippen LogP contribution is -2.12. The Kier molecular flexibility index (Phi) is 4.37. The van der Waals surface area contributed by atoms with Crippen LogP contribution < -0.4 is 11.1 Å². The van der Waals surface area contributed by atoms with Gasteiger partial charge in [-0.05, 0) is 5.92 Å². The molecule has 6 nitrogen and oxygen atoms in total. The molecule has 1 heterocycles. The molecular formula is C11H20N4O2. The van der Waals surface area contributed by atoms with E-state index in [1.54, 1.807) is 4.68 Å². The van der Waals surface area contributed by atoms with Crippen molar-refractivity contribution in [3.8, 4) is 0 Å². The number of esters is 1. The molecule has 0 unspecified atom stereocenters. The van der Waals surface area contributed by atoms with Crippen LogP contribution in [0.2, 0.25) is 0 Å². The predicted molar refractivity (Wildman–Crippen MR) is 66.8 cm³/mol. The highest BCUT2D eigenvalue weighted by Gasteiger charge is 2.15. The van der Waals surface area contributed by atoms with Crippen LogP contribution in [0, 0.1) is 0 Å². The molecule has 17 heavy (non-hydrogen) atoms. The molecule has 3 N–H and O–H groups in total. The number of nitrogens with two attached hydrogens (primary N) is 1. The SMILES string of the molecule is COC(=O)CCNc1c(N)c(C(C)C)nn1C. The number of nitrogens with one attached hydrogen (secondary N) is 1. The van der Waals surface area contributed by atoms with Crippen LogP contribution in [-0.2, 0) is 16.6 Å². The Morgan fingerprint density at radius 1 is 1.59 bits per heavy atom. The molecular weight excluding hydrogens is 220 g/mol. The van der Waals surface area contributed by atoms with E-state index in [4.69, 9.17) is 5.73 Å². The molecule has 1 aromatic rings. The third-order valence-corrected chi connectivity index (χ3v) is 2.51. The van der Waals surface area contributed by atoms with E-state index in [9.17, 15) is 4.79 Å². The molecule has 0 aliphatic heterocycles. The van der Waals surface area contributed by atoms with Crippen LogP contribution in [-0.4, -0.2) is 29.4 Å². The van der Waals surface area contributed by atoms with Gasteiger partial charge in [-0.2, -0.15) is 5.10 Å². The van der Waals surface area contributed by atoms with E-state index >= 15 is 0 Å². The normalized spacial score (nSPS) is 10.6. The molecule has 0 radical (unpaired) electrons. The topological polar surface area (TPSA) is 82.2 Å². The van der Waals surface area contributed by atoms with Crippen LogP contribution in [0.1, 0.15) is 31.9 Å². The molecule has 0 atom stereocenters. The Morgan fingerprint density at radius 2 is 2.24 bits per heavy atom. The van der Waals surface area contributed by atoms with Crippen molar-refractivity contribution < 1.29 is 9.53 Å². The van der Waals surface area contributed by atoms with Crippen LogP contribution in [0.15, 0.2) is 0 Å². The molecule has 96 valence electrons. The first-order valence-corrected chi connectivity index (χ1v) is 5.60. The Labute approximate surface area is 101 Å². The fourth-order valence-electron chi connectivity index (χ4n) is 1.58. The second kappa shape index (κ2) is 5.56. The fourth-order valence-corrected chi connectivity index (χ4v) is 1.58. The largest absolute Gasteiger partial charge is 0.469 e. The van der Waals surface area contributed by atoms with Crippen molar-refractivity contribution >= 4 is 17.5 Å². The van der Waals surface area contributed by atoms with Crippen LogP contribution in [0.25, 0.3) is 0 Å². The average molecular weight is 240 g/mol. The van der Waals surface area contributed by atoms with Crippen molar-refractivity contribution in [3.63, 3.8) is 0 Å². The smallest absolute Gasteiger partial charge is 0.307 e. The van der Waals surface area contributed by atoms with E-state index in [1.165, 1.54) is 7.11 Å². The zero-order chi connectivity index (χ0) is 13.0. The van der Waals surface area contributed by atoms with Gasteiger partial charge in [0.25, 0.3) is 0 Å². The number of methoxy groups -OCH3 is 1. The quantitative estimate of drug-likeness (QED) is 0.753. The number of carbonyl (C=O) groups excluding carboxylic acids is 1. The molecule has 1 aromatic heterocycles. The number of aryl methyl sites for hydroxylation is 1. The summed E-state index contributed by atoms with van der Waals surface area (Å²) in [5.74, 6) is 0.775. The van der Waals surface area contributed by atoms with E-state index in [0.717, 1.165) is 11.5 Å². The summed E-state index contributed by atoms with van der Waals surface area (Å²) in [5.41, 5.74) is 7.51. The summed E-state index contributed by atoms with van der Waals surface area (Å²) < 4.78 is 6.26. The summed E-state index contributed by atoms with van der Waals surface area (Å²) in [4.78, 5) is 11.0. The number of nitrogen functional groups attached to an aromatic ring is 1. The van der Waals surface area contributed by atoms with E-state index in [0.29, 0.717) is 18.7 Å². The van der Waals surface area contributed by atoms with Crippen LogP contribution in [0.4, 0.5) is 11.5 Å². The van der Waals surface area contributed by atoms with Crippen molar-refractivity contribution in [1.29, 1.82) is 0 Å². The number of carbonyl (C=O) groups is 1. The molecule has 6 heteroatoms. The van der Waals surface area contributed by atoms with Crippen molar-refractivity contribution in [2.75, 3.05) is 24.7 Å². The first-order valence-electron chi connectivity index (χ1n) is 5.60. The lowest BCUT2D eigenvalue weighted by atomic mass is 10.1. The second-order valence-electron chi connectivity index (χ2n) is 4.18. The highest BCUT2D eigenvalue weighted by Crippen LogP contribution is 2.27. The number of anilines is 2. The molecule has 0 spiro atoms. The van der Waals surface area contributed by atoms with E-state index in [2.05, 4.69) is 15.2 Å². The summed E-state index contributed by atoms with van der Waals surface area (Å²) in [6.45, 7) is 4.56. The second-order valence-corrected chi connectivity index (χ2v) is 4.18. The molecule has 0 aliphatic rings. The van der Waals surface area contributed by atoms with E-state index in [-0.39, 0.29) is 11.9 Å². The molecule has 0 saturated carbocycles. The minimum absolute atomic E-state index is 0.248. The molecule has 1 rings (SSSR count). The zero-order valence-corrected chi connectivity index (χ0v) is 10.8. The van der Waals surface area contributed by atoms with Gasteiger partial charge in [-0.1, -0.05) is 13.8 Å². The third-order valence-electron chi connectivity index (χ3n) is 2.51. The first-order chi connectivity index (χ1) is 7.97. The van der Waals surface area contributed by atoms with Crippen molar-refractivity contribution in [1.82, 2.24) is 9.78 Å². The highest BCUT2D eigenvalue weighted by molar-refractivity contribution is 5.71. The van der Waals surface area contributed by atoms with Crippen LogP contribution in [0.5, 0.6) is 0 Å². The third kappa shape index (κ3) is 3.12. The van der Waals surface area contributed by atoms with Gasteiger partial charge in [-0.15, -0.1) is 0 Å². The average Bonchev–Trinajstić information content (AvgIpc) is 2.56. The molecule has 0 aromatic carbocycles. The number of rotatable bonds is 5. The molecule has 0 saturated heterocycles. The minimum Gasteiger partial charge on any atom is -0.469 e. The lowest BCUT2D eigenvalue weighted by Gasteiger charge is -2.07. The van der Waals surface area contributed by atoms with E-state index < -0.39 is 0 Å². The highest BCUT2D eigenvalue weighted by atomic mass is 16.5. The summed E-state index contributed by atoms with van der Waals surface area (Å²) in [6.07, 6.45) is 0.304. The number of hydrogen-bond acceptors (Lipinski definition) is 5.